The van der Waals surface area contributed by atoms with Gasteiger partial charge in [-0.05, 0) is 31.4 Å². The molecule has 1 heterocycles. The van der Waals surface area contributed by atoms with Crippen molar-refractivity contribution in [3.8, 4) is 11.5 Å². The van der Waals surface area contributed by atoms with Crippen molar-refractivity contribution in [2.45, 2.75) is 39.4 Å². The van der Waals surface area contributed by atoms with Crippen LogP contribution in [0.4, 0.5) is 0 Å². The van der Waals surface area contributed by atoms with Gasteiger partial charge in [0.25, 0.3) is 0 Å². The fraction of sp³-hybridized carbons (Fsp3) is 0.444. The molecule has 1 aliphatic heterocycles. The number of rotatable bonds is 7. The van der Waals surface area contributed by atoms with Crippen molar-refractivity contribution >= 4 is 11.9 Å². The number of aromatic hydroxyl groups is 1. The molecular formula is C18H22O7. The molecule has 0 radical (unpaired) electrons. The molecule has 1 aliphatic rings. The summed E-state index contributed by atoms with van der Waals surface area (Å²) in [5, 5.41) is 19.5. The van der Waals surface area contributed by atoms with E-state index < -0.39 is 18.0 Å². The Kier molecular flexibility index (Phi) is 5.69. The summed E-state index contributed by atoms with van der Waals surface area (Å²) in [7, 11) is 2.94. The molecule has 1 aromatic carbocycles. The largest absolute Gasteiger partial charge is 0.507 e. The van der Waals surface area contributed by atoms with Crippen LogP contribution in [0.15, 0.2) is 11.6 Å². The van der Waals surface area contributed by atoms with E-state index in [1.807, 2.05) is 6.92 Å². The molecule has 7 heteroatoms. The molecule has 0 spiro atoms. The van der Waals surface area contributed by atoms with Crippen molar-refractivity contribution in [3.63, 3.8) is 0 Å². The monoisotopic (exact) mass is 350 g/mol. The zero-order chi connectivity index (χ0) is 18.7. The van der Waals surface area contributed by atoms with Crippen molar-refractivity contribution in [3.05, 3.63) is 33.9 Å². The Hall–Kier alpha value is -2.54. The Labute approximate surface area is 145 Å². The summed E-state index contributed by atoms with van der Waals surface area (Å²) in [4.78, 5) is 22.8. The van der Waals surface area contributed by atoms with Crippen molar-refractivity contribution in [2.24, 2.45) is 0 Å². The summed E-state index contributed by atoms with van der Waals surface area (Å²) in [6.07, 6.45) is 1.31. The Morgan fingerprint density at radius 2 is 2.08 bits per heavy atom. The van der Waals surface area contributed by atoms with Gasteiger partial charge in [-0.15, -0.1) is 0 Å². The molecule has 0 aliphatic carbocycles. The molecule has 0 aromatic heterocycles. The highest BCUT2D eigenvalue weighted by atomic mass is 16.5. The molecule has 7 nitrogen and oxygen atoms in total. The molecule has 25 heavy (non-hydrogen) atoms. The van der Waals surface area contributed by atoms with E-state index in [0.717, 1.165) is 5.56 Å². The number of ether oxygens (including phenoxy) is 3. The average Bonchev–Trinajstić information content (AvgIpc) is 2.96. The molecule has 2 N–H and O–H groups in total. The lowest BCUT2D eigenvalue weighted by Gasteiger charge is -2.17. The van der Waals surface area contributed by atoms with Gasteiger partial charge in [-0.1, -0.05) is 6.08 Å². The van der Waals surface area contributed by atoms with Crippen molar-refractivity contribution in [1.82, 2.24) is 0 Å². The third-order valence-electron chi connectivity index (χ3n) is 4.43. The number of phenolic OH excluding ortho intramolecular Hbond substituents is 1. The van der Waals surface area contributed by atoms with E-state index in [1.165, 1.54) is 14.2 Å². The maximum absolute atomic E-state index is 11.9. The number of hydrogen-bond donors (Lipinski definition) is 2. The highest BCUT2D eigenvalue weighted by Crippen LogP contribution is 2.42. The molecule has 2 rings (SSSR count). The number of allylic oxidation sites excluding steroid dienone is 1. The van der Waals surface area contributed by atoms with Crippen LogP contribution >= 0.6 is 0 Å². The minimum Gasteiger partial charge on any atom is -0.507 e. The number of methoxy groups -OCH3 is 2. The van der Waals surface area contributed by atoms with Gasteiger partial charge in [0.1, 0.15) is 23.7 Å². The maximum Gasteiger partial charge on any atom is 0.342 e. The number of cyclic esters (lactones) is 1. The van der Waals surface area contributed by atoms with Crippen LogP contribution in [0.2, 0.25) is 0 Å². The fourth-order valence-corrected chi connectivity index (χ4v) is 3.01. The standard InChI is InChI=1S/C18H22O7/c1-9(13(23-3)7-14(19)20)5-6-11-16(21)15-12(8-25-18(15)22)10(2)17(11)24-4/h5,13,21H,6-8H2,1-4H3,(H,19,20). The van der Waals surface area contributed by atoms with Gasteiger partial charge in [-0.3, -0.25) is 4.79 Å². The number of benzene rings is 1. The number of aliphatic carboxylic acids is 1. The highest BCUT2D eigenvalue weighted by Gasteiger charge is 2.31. The minimum absolute atomic E-state index is 0.115. The average molecular weight is 350 g/mol. The Balaban J connectivity index is 2.41. The number of carbonyl (C=O) groups is 2. The van der Waals surface area contributed by atoms with Crippen molar-refractivity contribution < 1.29 is 34.0 Å². The summed E-state index contributed by atoms with van der Waals surface area (Å²) in [5.41, 5.74) is 2.72. The predicted octanol–water partition coefficient (Wildman–Crippen LogP) is 2.36. The smallest absolute Gasteiger partial charge is 0.342 e. The zero-order valence-electron chi connectivity index (χ0n) is 14.7. The van der Waals surface area contributed by atoms with Crippen LogP contribution in [0, 0.1) is 6.92 Å². The van der Waals surface area contributed by atoms with Crippen LogP contribution in [0.3, 0.4) is 0 Å². The Bertz CT molecular complexity index is 734. The summed E-state index contributed by atoms with van der Waals surface area (Å²) < 4.78 is 15.6. The van der Waals surface area contributed by atoms with Crippen LogP contribution in [0.1, 0.15) is 40.4 Å². The van der Waals surface area contributed by atoms with Crippen LogP contribution < -0.4 is 4.74 Å². The van der Waals surface area contributed by atoms with Gasteiger partial charge in [0.15, 0.2) is 0 Å². The number of hydrogen-bond acceptors (Lipinski definition) is 6. The first-order valence-electron chi connectivity index (χ1n) is 7.81. The third kappa shape index (κ3) is 3.61. The van der Waals surface area contributed by atoms with Crippen molar-refractivity contribution in [1.29, 1.82) is 0 Å². The van der Waals surface area contributed by atoms with E-state index in [-0.39, 0.29) is 30.8 Å². The molecule has 136 valence electrons. The van der Waals surface area contributed by atoms with Gasteiger partial charge in [-0.25, -0.2) is 4.79 Å². The van der Waals surface area contributed by atoms with E-state index in [9.17, 15) is 14.7 Å². The van der Waals surface area contributed by atoms with E-state index >= 15 is 0 Å². The van der Waals surface area contributed by atoms with E-state index in [0.29, 0.717) is 22.4 Å². The van der Waals surface area contributed by atoms with Crippen LogP contribution in [-0.2, 0) is 27.3 Å². The lowest BCUT2D eigenvalue weighted by Crippen LogP contribution is -2.17. The van der Waals surface area contributed by atoms with Crippen LogP contribution in [-0.4, -0.2) is 42.5 Å². The first-order chi connectivity index (χ1) is 11.8. The second-order valence-corrected chi connectivity index (χ2v) is 5.89. The number of esters is 1. The zero-order valence-corrected chi connectivity index (χ0v) is 14.7. The lowest BCUT2D eigenvalue weighted by atomic mass is 9.94. The molecule has 0 fully saturated rings. The van der Waals surface area contributed by atoms with E-state index in [4.69, 9.17) is 19.3 Å². The van der Waals surface area contributed by atoms with E-state index in [2.05, 4.69) is 0 Å². The molecule has 1 unspecified atom stereocenters. The van der Waals surface area contributed by atoms with Crippen molar-refractivity contribution in [2.75, 3.05) is 14.2 Å². The second-order valence-electron chi connectivity index (χ2n) is 5.89. The van der Waals surface area contributed by atoms with Gasteiger partial charge in [0.05, 0.1) is 19.6 Å². The Morgan fingerprint density at radius 3 is 2.64 bits per heavy atom. The van der Waals surface area contributed by atoms with Gasteiger partial charge in [0, 0.05) is 18.2 Å². The number of fused-ring (bicyclic) bond motifs is 1. The molecule has 1 atom stereocenters. The topological polar surface area (TPSA) is 102 Å². The maximum atomic E-state index is 11.9. The van der Waals surface area contributed by atoms with Gasteiger partial charge in [0.2, 0.25) is 0 Å². The number of phenols is 1. The third-order valence-corrected chi connectivity index (χ3v) is 4.43. The second kappa shape index (κ2) is 7.57. The fourth-order valence-electron chi connectivity index (χ4n) is 3.01. The highest BCUT2D eigenvalue weighted by molar-refractivity contribution is 5.98. The summed E-state index contributed by atoms with van der Waals surface area (Å²) in [6, 6.07) is 0. The molecule has 0 saturated heterocycles. The lowest BCUT2D eigenvalue weighted by molar-refractivity contribution is -0.139. The molecule has 0 saturated carbocycles. The minimum atomic E-state index is -0.962. The molecule has 0 bridgehead atoms. The molecule has 1 aromatic rings. The van der Waals surface area contributed by atoms with Gasteiger partial charge in [-0.2, -0.15) is 0 Å². The van der Waals surface area contributed by atoms with Gasteiger partial charge >= 0.3 is 11.9 Å². The number of carbonyl (C=O) groups excluding carboxylic acids is 1. The summed E-state index contributed by atoms with van der Waals surface area (Å²) >= 11 is 0. The SMILES string of the molecule is COc1c(C)c2c(c(O)c1CC=C(C)C(CC(=O)O)OC)C(=O)OC2. The molecule has 0 amide bonds. The first-order valence-corrected chi connectivity index (χ1v) is 7.81. The normalized spacial score (nSPS) is 14.9. The van der Waals surface area contributed by atoms with Gasteiger partial charge < -0.3 is 24.4 Å². The summed E-state index contributed by atoms with van der Waals surface area (Å²) in [6.45, 7) is 3.68. The van der Waals surface area contributed by atoms with Crippen LogP contribution in [0.5, 0.6) is 11.5 Å². The van der Waals surface area contributed by atoms with E-state index in [1.54, 1.807) is 13.0 Å². The Morgan fingerprint density at radius 1 is 1.40 bits per heavy atom. The van der Waals surface area contributed by atoms with Crippen LogP contribution in [0.25, 0.3) is 0 Å². The summed E-state index contributed by atoms with van der Waals surface area (Å²) in [5.74, 6) is -1.18. The number of carboxylic acids is 1. The molecular weight excluding hydrogens is 328 g/mol. The first kappa shape index (κ1) is 18.8. The quantitative estimate of drug-likeness (QED) is 0.575. The predicted molar refractivity (Wildman–Crippen MR) is 89.0 cm³/mol. The number of carboxylic acid groups (broad SMARTS) is 1.